The average Bonchev–Trinajstić information content (AvgIpc) is 3.37. The van der Waals surface area contributed by atoms with Gasteiger partial charge in [-0.1, -0.05) is 65.8 Å². The number of benzene rings is 2. The van der Waals surface area contributed by atoms with Gasteiger partial charge in [-0.25, -0.2) is 9.97 Å². The molecule has 0 aliphatic rings. The lowest BCUT2D eigenvalue weighted by Crippen LogP contribution is -2.13. The number of thiazole rings is 2. The number of amides is 1. The van der Waals surface area contributed by atoms with Gasteiger partial charge in [0, 0.05) is 33.5 Å². The van der Waals surface area contributed by atoms with Crippen molar-refractivity contribution in [3.63, 3.8) is 0 Å². The number of carbonyl (C=O) groups excluding carboxylic acids is 1. The summed E-state index contributed by atoms with van der Waals surface area (Å²) in [6, 6.07) is 17.8. The first-order valence-electron chi connectivity index (χ1n) is 8.78. The molecule has 0 atom stereocenters. The first kappa shape index (κ1) is 20.1. The molecule has 0 aliphatic heterocycles. The number of carbonyl (C=O) groups is 1. The van der Waals surface area contributed by atoms with E-state index in [0.717, 1.165) is 37.5 Å². The fourth-order valence-corrected chi connectivity index (χ4v) is 5.35. The summed E-state index contributed by atoms with van der Waals surface area (Å²) in [4.78, 5) is 22.2. The largest absolute Gasteiger partial charge is 0.301 e. The van der Waals surface area contributed by atoms with E-state index in [9.17, 15) is 4.79 Å². The van der Waals surface area contributed by atoms with Crippen molar-refractivity contribution >= 4 is 57.1 Å². The predicted molar refractivity (Wildman–Crippen MR) is 123 cm³/mol. The maximum absolute atomic E-state index is 12.3. The average molecular weight is 458 g/mol. The first-order valence-corrected chi connectivity index (χ1v) is 11.8. The minimum atomic E-state index is -0.0879. The van der Waals surface area contributed by atoms with Crippen LogP contribution in [0.25, 0.3) is 11.3 Å². The second-order valence-electron chi connectivity index (χ2n) is 6.14. The molecule has 1 amide bonds. The van der Waals surface area contributed by atoms with Gasteiger partial charge in [0.05, 0.1) is 11.4 Å². The lowest BCUT2D eigenvalue weighted by molar-refractivity contribution is -0.113. The van der Waals surface area contributed by atoms with E-state index in [2.05, 4.69) is 15.3 Å². The number of halogens is 1. The van der Waals surface area contributed by atoms with Crippen molar-refractivity contribution in [1.29, 1.82) is 0 Å². The lowest BCUT2D eigenvalue weighted by atomic mass is 10.1. The van der Waals surface area contributed by atoms with Crippen LogP contribution in [0.1, 0.15) is 10.4 Å². The van der Waals surface area contributed by atoms with Gasteiger partial charge in [-0.2, -0.15) is 0 Å². The Morgan fingerprint density at radius 2 is 2.00 bits per heavy atom. The fourth-order valence-electron chi connectivity index (χ4n) is 2.64. The van der Waals surface area contributed by atoms with Gasteiger partial charge in [0.15, 0.2) is 9.47 Å². The first-order chi connectivity index (χ1) is 14.2. The van der Waals surface area contributed by atoms with Gasteiger partial charge >= 0.3 is 0 Å². The number of nitrogens with one attached hydrogen (secondary N) is 1. The van der Waals surface area contributed by atoms with E-state index in [4.69, 9.17) is 11.6 Å². The minimum Gasteiger partial charge on any atom is -0.301 e. The number of hydrogen-bond donors (Lipinski definition) is 1. The van der Waals surface area contributed by atoms with Crippen LogP contribution in [0.5, 0.6) is 0 Å². The van der Waals surface area contributed by atoms with Crippen LogP contribution in [0, 0.1) is 0 Å². The number of aromatic nitrogens is 2. The second-order valence-corrected chi connectivity index (χ2v) is 9.77. The molecular weight excluding hydrogens is 442 g/mol. The molecule has 4 rings (SSSR count). The van der Waals surface area contributed by atoms with E-state index in [1.54, 1.807) is 17.5 Å². The molecule has 0 fully saturated rings. The maximum atomic E-state index is 12.3. The fraction of sp³-hybridized carbons (Fsp3) is 0.0952. The van der Waals surface area contributed by atoms with Crippen LogP contribution in [0.2, 0.25) is 5.02 Å². The Labute approximate surface area is 186 Å². The van der Waals surface area contributed by atoms with Crippen LogP contribution in [0.15, 0.2) is 70.5 Å². The molecule has 0 spiro atoms. The second kappa shape index (κ2) is 9.54. The molecule has 0 unspecified atom stereocenters. The normalized spacial score (nSPS) is 10.8. The molecule has 2 heterocycles. The maximum Gasteiger partial charge on any atom is 0.236 e. The number of anilines is 1. The van der Waals surface area contributed by atoms with Crippen LogP contribution < -0.4 is 5.32 Å². The Kier molecular flexibility index (Phi) is 6.61. The Hall–Kier alpha value is -2.19. The highest BCUT2D eigenvalue weighted by Gasteiger charge is 2.10. The highest BCUT2D eigenvalue weighted by Crippen LogP contribution is 2.28. The molecule has 0 radical (unpaired) electrons. The van der Waals surface area contributed by atoms with Gasteiger partial charge < -0.3 is 5.32 Å². The smallest absolute Gasteiger partial charge is 0.236 e. The van der Waals surface area contributed by atoms with Crippen LogP contribution in [0.4, 0.5) is 5.13 Å². The molecule has 4 aromatic rings. The summed E-state index contributed by atoms with van der Waals surface area (Å²) in [5.41, 5.74) is 3.13. The molecule has 0 bridgehead atoms. The topological polar surface area (TPSA) is 54.9 Å². The molecule has 146 valence electrons. The highest BCUT2D eigenvalue weighted by atomic mass is 35.5. The van der Waals surface area contributed by atoms with Gasteiger partial charge in [-0.05, 0) is 17.7 Å². The zero-order chi connectivity index (χ0) is 20.1. The molecule has 2 aromatic carbocycles. The Morgan fingerprint density at radius 1 is 1.14 bits per heavy atom. The molecule has 0 saturated carbocycles. The SMILES string of the molecule is O=C(CSc1nc(-c2ccccc2)cs1)Nc1ncc(Cc2cccc(Cl)c2)s1. The van der Waals surface area contributed by atoms with Crippen molar-refractivity contribution in [3.05, 3.63) is 81.6 Å². The molecule has 29 heavy (non-hydrogen) atoms. The summed E-state index contributed by atoms with van der Waals surface area (Å²) in [5.74, 6) is 0.209. The Balaban J connectivity index is 1.29. The summed E-state index contributed by atoms with van der Waals surface area (Å²) in [7, 11) is 0. The summed E-state index contributed by atoms with van der Waals surface area (Å²) in [5, 5.41) is 6.20. The number of thioether (sulfide) groups is 1. The van der Waals surface area contributed by atoms with Crippen molar-refractivity contribution in [2.75, 3.05) is 11.1 Å². The Bertz CT molecular complexity index is 1110. The zero-order valence-corrected chi connectivity index (χ0v) is 18.4. The van der Waals surface area contributed by atoms with E-state index < -0.39 is 0 Å². The van der Waals surface area contributed by atoms with Crippen LogP contribution in [0.3, 0.4) is 0 Å². The number of rotatable bonds is 7. The Morgan fingerprint density at radius 3 is 2.83 bits per heavy atom. The quantitative estimate of drug-likeness (QED) is 0.333. The van der Waals surface area contributed by atoms with Crippen molar-refractivity contribution < 1.29 is 4.79 Å². The van der Waals surface area contributed by atoms with Gasteiger partial charge in [0.1, 0.15) is 0 Å². The third kappa shape index (κ3) is 5.67. The molecular formula is C21H16ClN3OS3. The number of nitrogens with zero attached hydrogens (tertiary/aromatic N) is 2. The molecule has 0 saturated heterocycles. The molecule has 1 N–H and O–H groups in total. The predicted octanol–water partition coefficient (Wildman–Crippen LogP) is 6.24. The van der Waals surface area contributed by atoms with E-state index in [-0.39, 0.29) is 5.91 Å². The summed E-state index contributed by atoms with van der Waals surface area (Å²) >= 11 is 10.5. The summed E-state index contributed by atoms with van der Waals surface area (Å²) < 4.78 is 0.875. The standard InChI is InChI=1S/C21H16ClN3OS3/c22-16-8-4-5-14(9-16)10-17-11-23-20(29-17)25-19(26)13-28-21-24-18(12-27-21)15-6-2-1-3-7-15/h1-9,11-12H,10,13H2,(H,23,25,26). The third-order valence-electron chi connectivity index (χ3n) is 3.95. The van der Waals surface area contributed by atoms with Gasteiger partial charge in [0.2, 0.25) is 5.91 Å². The van der Waals surface area contributed by atoms with E-state index in [1.165, 1.54) is 23.1 Å². The lowest BCUT2D eigenvalue weighted by Gasteiger charge is -2.00. The van der Waals surface area contributed by atoms with Crippen LogP contribution >= 0.6 is 46.0 Å². The van der Waals surface area contributed by atoms with Gasteiger partial charge in [0.25, 0.3) is 0 Å². The molecule has 8 heteroatoms. The van der Waals surface area contributed by atoms with Crippen LogP contribution in [-0.4, -0.2) is 21.6 Å². The van der Waals surface area contributed by atoms with Crippen molar-refractivity contribution in [2.45, 2.75) is 10.8 Å². The number of hydrogen-bond acceptors (Lipinski definition) is 6. The monoisotopic (exact) mass is 457 g/mol. The minimum absolute atomic E-state index is 0.0879. The molecule has 0 aliphatic carbocycles. The molecule has 4 nitrogen and oxygen atoms in total. The molecule has 2 aromatic heterocycles. The van der Waals surface area contributed by atoms with E-state index in [0.29, 0.717) is 10.9 Å². The van der Waals surface area contributed by atoms with Crippen molar-refractivity contribution in [3.8, 4) is 11.3 Å². The van der Waals surface area contributed by atoms with Crippen molar-refractivity contribution in [2.24, 2.45) is 0 Å². The third-order valence-corrected chi connectivity index (χ3v) is 7.12. The highest BCUT2D eigenvalue weighted by molar-refractivity contribution is 8.01. The van der Waals surface area contributed by atoms with Gasteiger partial charge in [-0.3, -0.25) is 4.79 Å². The summed E-state index contributed by atoms with van der Waals surface area (Å²) in [6.07, 6.45) is 2.53. The van der Waals surface area contributed by atoms with E-state index in [1.807, 2.05) is 60.0 Å². The zero-order valence-electron chi connectivity index (χ0n) is 15.2. The van der Waals surface area contributed by atoms with E-state index >= 15 is 0 Å². The van der Waals surface area contributed by atoms with Gasteiger partial charge in [-0.15, -0.1) is 22.7 Å². The summed E-state index contributed by atoms with van der Waals surface area (Å²) in [6.45, 7) is 0. The van der Waals surface area contributed by atoms with Crippen LogP contribution in [-0.2, 0) is 11.2 Å². The van der Waals surface area contributed by atoms with Crippen molar-refractivity contribution in [1.82, 2.24) is 9.97 Å².